The highest BCUT2D eigenvalue weighted by atomic mass is 32.2. The van der Waals surface area contributed by atoms with E-state index in [1.54, 1.807) is 17.0 Å². The molecule has 40 heavy (non-hydrogen) atoms. The molecule has 1 aliphatic heterocycles. The Hall–Kier alpha value is -4.52. The number of pyridine rings is 1. The number of aromatic nitrogens is 1. The Morgan fingerprint density at radius 1 is 1.20 bits per heavy atom. The Balaban J connectivity index is 1.97. The number of thioether (sulfide) groups is 1. The molecule has 1 saturated heterocycles. The van der Waals surface area contributed by atoms with Crippen molar-refractivity contribution in [1.82, 2.24) is 14.8 Å². The van der Waals surface area contributed by atoms with Gasteiger partial charge in [0.05, 0.1) is 22.9 Å². The number of aliphatic imine (C=N–C) groups is 1. The number of benzene rings is 2. The smallest absolute Gasteiger partial charge is 0.219 e. The Bertz CT molecular complexity index is 1450. The molecule has 0 saturated carbocycles. The lowest BCUT2D eigenvalue weighted by Gasteiger charge is -2.41. The van der Waals surface area contributed by atoms with Crippen LogP contribution in [0.1, 0.15) is 12.0 Å². The number of piperazine rings is 1. The van der Waals surface area contributed by atoms with E-state index in [2.05, 4.69) is 10.3 Å². The average Bonchev–Trinajstić information content (AvgIpc) is 2.93. The number of nitrogens with one attached hydrogen (secondary N) is 1. The number of hydrogen-bond donors (Lipinski definition) is 3. The highest BCUT2D eigenvalue weighted by molar-refractivity contribution is 7.98. The summed E-state index contributed by atoms with van der Waals surface area (Å²) in [6, 6.07) is 11.1. The van der Waals surface area contributed by atoms with Gasteiger partial charge in [0, 0.05) is 31.0 Å². The van der Waals surface area contributed by atoms with E-state index in [0.29, 0.717) is 18.5 Å². The lowest BCUT2D eigenvalue weighted by molar-refractivity contribution is -0.123. The lowest BCUT2D eigenvalue weighted by Crippen LogP contribution is -2.56. The highest BCUT2D eigenvalue weighted by Crippen LogP contribution is 2.36. The first-order valence-corrected chi connectivity index (χ1v) is 13.3. The van der Waals surface area contributed by atoms with Gasteiger partial charge in [-0.3, -0.25) is 14.4 Å². The zero-order chi connectivity index (χ0) is 28.8. The molecule has 1 aromatic heterocycles. The second-order valence-corrected chi connectivity index (χ2v) is 9.68. The number of hydrogen-bond acceptors (Lipinski definition) is 7. The molecule has 0 aliphatic carbocycles. The van der Waals surface area contributed by atoms with E-state index in [0.717, 1.165) is 17.0 Å². The summed E-state index contributed by atoms with van der Waals surface area (Å²) >= 11 is 1.43. The van der Waals surface area contributed by atoms with Crippen LogP contribution in [0.2, 0.25) is 0 Å². The summed E-state index contributed by atoms with van der Waals surface area (Å²) in [6.07, 6.45) is 2.72. The number of halogens is 2. The second kappa shape index (κ2) is 12.6. The minimum atomic E-state index is -0.990. The summed E-state index contributed by atoms with van der Waals surface area (Å²) in [5.74, 6) is -3.07. The van der Waals surface area contributed by atoms with Crippen molar-refractivity contribution in [2.24, 2.45) is 10.7 Å². The first-order valence-electron chi connectivity index (χ1n) is 12.1. The van der Waals surface area contributed by atoms with Crippen LogP contribution in [0.5, 0.6) is 5.75 Å². The van der Waals surface area contributed by atoms with Crippen LogP contribution in [-0.4, -0.2) is 76.4 Å². The summed E-state index contributed by atoms with van der Waals surface area (Å²) in [5, 5.41) is 12.7. The van der Waals surface area contributed by atoms with Crippen molar-refractivity contribution in [2.75, 3.05) is 31.2 Å². The third-order valence-electron chi connectivity index (χ3n) is 6.32. The summed E-state index contributed by atoms with van der Waals surface area (Å²) in [5.41, 5.74) is 5.08. The molecule has 4 rings (SSSR count). The summed E-state index contributed by atoms with van der Waals surface area (Å²) in [4.78, 5) is 48.1. The molecule has 0 bridgehead atoms. The van der Waals surface area contributed by atoms with Crippen LogP contribution in [0.4, 0.5) is 20.3 Å². The number of amides is 3. The van der Waals surface area contributed by atoms with Crippen LogP contribution in [0.15, 0.2) is 58.4 Å². The van der Waals surface area contributed by atoms with Gasteiger partial charge in [-0.15, -0.1) is 11.8 Å². The number of nitrogens with two attached hydrogens (primary N) is 1. The number of phenolic OH excluding ortho intramolecular Hbond substituents is 1. The van der Waals surface area contributed by atoms with Crippen LogP contribution < -0.4 is 11.1 Å². The quantitative estimate of drug-likeness (QED) is 0.156. The third kappa shape index (κ3) is 6.04. The molecular weight excluding hydrogens is 542 g/mol. The van der Waals surface area contributed by atoms with Gasteiger partial charge in [-0.05, 0) is 36.6 Å². The van der Waals surface area contributed by atoms with Gasteiger partial charge in [0.15, 0.2) is 5.82 Å². The van der Waals surface area contributed by atoms with E-state index >= 15 is 4.39 Å². The van der Waals surface area contributed by atoms with Gasteiger partial charge < -0.3 is 26.0 Å². The number of primary amides is 1. The standard InChI is InChI=1S/C27H26F2N6O4S/c1-40-22-8-3-2-6-20(22)32-27(35-10-9-34(15-37)13-16(35)11-23(30)39)17-12-19(29)25(33-26(17)31-14-36)24-18(28)5-4-7-21(24)38/h2-8,12,14-16,38H,9-11,13H2,1H3,(H2,30,39)(H,31,33,36)/b32-27+. The van der Waals surface area contributed by atoms with Gasteiger partial charge in [0.25, 0.3) is 0 Å². The lowest BCUT2D eigenvalue weighted by atomic mass is 10.0. The topological polar surface area (TPSA) is 141 Å². The van der Waals surface area contributed by atoms with Crippen molar-refractivity contribution < 1.29 is 28.3 Å². The van der Waals surface area contributed by atoms with Crippen LogP contribution in [0.3, 0.4) is 0 Å². The maximum absolute atomic E-state index is 15.7. The molecule has 1 atom stereocenters. The maximum atomic E-state index is 15.7. The first kappa shape index (κ1) is 28.5. The Morgan fingerprint density at radius 3 is 2.65 bits per heavy atom. The van der Waals surface area contributed by atoms with E-state index in [9.17, 15) is 23.9 Å². The van der Waals surface area contributed by atoms with Crippen LogP contribution >= 0.6 is 11.8 Å². The molecule has 4 N–H and O–H groups in total. The fourth-order valence-electron chi connectivity index (χ4n) is 4.52. The van der Waals surface area contributed by atoms with Gasteiger partial charge in [-0.2, -0.15) is 0 Å². The normalized spacial score (nSPS) is 15.6. The molecule has 2 aromatic carbocycles. The molecule has 208 valence electrons. The number of para-hydroxylation sites is 1. The van der Waals surface area contributed by atoms with Crippen molar-refractivity contribution in [3.63, 3.8) is 0 Å². The predicted octanol–water partition coefficient (Wildman–Crippen LogP) is 3.12. The van der Waals surface area contributed by atoms with Gasteiger partial charge in [-0.25, -0.2) is 18.8 Å². The SMILES string of the molecule is CSc1ccccc1/N=C(\c1cc(F)c(-c2c(O)cccc2F)nc1NC=O)N1CCN(C=O)CC1CC(N)=O. The average molecular weight is 569 g/mol. The van der Waals surface area contributed by atoms with Crippen LogP contribution in [0.25, 0.3) is 11.3 Å². The monoisotopic (exact) mass is 568 g/mol. The van der Waals surface area contributed by atoms with Crippen molar-refractivity contribution in [3.8, 4) is 17.0 Å². The van der Waals surface area contributed by atoms with E-state index < -0.39 is 40.6 Å². The number of aromatic hydroxyl groups is 1. The van der Waals surface area contributed by atoms with E-state index in [1.165, 1.54) is 28.8 Å². The molecule has 0 spiro atoms. The number of rotatable bonds is 9. The number of amidine groups is 1. The number of phenols is 1. The Kier molecular flexibility index (Phi) is 8.94. The molecule has 0 radical (unpaired) electrons. The summed E-state index contributed by atoms with van der Waals surface area (Å²) < 4.78 is 30.3. The Labute approximate surface area is 232 Å². The predicted molar refractivity (Wildman–Crippen MR) is 147 cm³/mol. The Morgan fingerprint density at radius 2 is 1.98 bits per heavy atom. The second-order valence-electron chi connectivity index (χ2n) is 8.84. The summed E-state index contributed by atoms with van der Waals surface area (Å²) in [7, 11) is 0. The largest absolute Gasteiger partial charge is 0.507 e. The molecule has 1 fully saturated rings. The number of carbonyl (C=O) groups is 3. The zero-order valence-electron chi connectivity index (χ0n) is 21.4. The van der Waals surface area contributed by atoms with Crippen molar-refractivity contribution >= 4 is 47.8 Å². The maximum Gasteiger partial charge on any atom is 0.219 e. The molecule has 13 heteroatoms. The highest BCUT2D eigenvalue weighted by Gasteiger charge is 2.33. The molecule has 3 aromatic rings. The number of anilines is 1. The van der Waals surface area contributed by atoms with Crippen LogP contribution in [0, 0.1) is 11.6 Å². The van der Waals surface area contributed by atoms with E-state index in [1.807, 2.05) is 18.4 Å². The molecule has 2 heterocycles. The first-order chi connectivity index (χ1) is 19.3. The van der Waals surface area contributed by atoms with Gasteiger partial charge >= 0.3 is 0 Å². The molecule has 1 aliphatic rings. The minimum absolute atomic E-state index is 0.0362. The third-order valence-corrected chi connectivity index (χ3v) is 7.11. The number of nitrogens with zero attached hydrogens (tertiary/aromatic N) is 4. The fourth-order valence-corrected chi connectivity index (χ4v) is 5.06. The van der Waals surface area contributed by atoms with Crippen LogP contribution in [-0.2, 0) is 14.4 Å². The van der Waals surface area contributed by atoms with Gasteiger partial charge in [0.2, 0.25) is 18.7 Å². The van der Waals surface area contributed by atoms with Gasteiger partial charge in [0.1, 0.15) is 28.9 Å². The summed E-state index contributed by atoms with van der Waals surface area (Å²) in [6.45, 7) is 0.619. The minimum Gasteiger partial charge on any atom is -0.507 e. The van der Waals surface area contributed by atoms with Crippen molar-refractivity contribution in [2.45, 2.75) is 17.4 Å². The molecule has 3 amide bonds. The zero-order valence-corrected chi connectivity index (χ0v) is 22.2. The number of carbonyl (C=O) groups excluding carboxylic acids is 3. The molecule has 10 nitrogen and oxygen atoms in total. The fraction of sp³-hybridized carbons (Fsp3) is 0.222. The molecule has 1 unspecified atom stereocenters. The van der Waals surface area contributed by atoms with Crippen molar-refractivity contribution in [1.29, 1.82) is 0 Å². The van der Waals surface area contributed by atoms with Gasteiger partial charge in [-0.1, -0.05) is 18.2 Å². The molecular formula is C27H26F2N6O4S. The van der Waals surface area contributed by atoms with E-state index in [4.69, 9.17) is 10.7 Å². The van der Waals surface area contributed by atoms with Crippen molar-refractivity contribution in [3.05, 3.63) is 65.7 Å². The van der Waals surface area contributed by atoms with E-state index in [-0.39, 0.29) is 43.3 Å².